The number of nitrogens with one attached hydrogen (secondary N) is 1. The second kappa shape index (κ2) is 5.90. The van der Waals surface area contributed by atoms with Crippen molar-refractivity contribution >= 4 is 17.3 Å². The molecule has 0 unspecified atom stereocenters. The van der Waals surface area contributed by atoms with Crippen molar-refractivity contribution < 1.29 is 9.72 Å². The van der Waals surface area contributed by atoms with Gasteiger partial charge in [0.2, 0.25) is 0 Å². The maximum atomic E-state index is 12.4. The zero-order valence-electron chi connectivity index (χ0n) is 11.8. The zero-order valence-corrected chi connectivity index (χ0v) is 11.8. The number of amides is 1. The van der Waals surface area contributed by atoms with E-state index < -0.39 is 4.92 Å². The lowest BCUT2D eigenvalue weighted by atomic mass is 10.1. The van der Waals surface area contributed by atoms with E-state index in [1.807, 2.05) is 6.92 Å². The average molecular weight is 277 g/mol. The fourth-order valence-corrected chi connectivity index (χ4v) is 2.05. The van der Waals surface area contributed by atoms with E-state index in [0.717, 1.165) is 25.8 Å². The molecule has 1 aliphatic carbocycles. The first-order valence-electron chi connectivity index (χ1n) is 6.84. The van der Waals surface area contributed by atoms with Crippen molar-refractivity contribution in [3.8, 4) is 0 Å². The Labute approximate surface area is 117 Å². The number of nitro benzene ring substituents is 1. The van der Waals surface area contributed by atoms with Crippen molar-refractivity contribution in [1.29, 1.82) is 0 Å². The lowest BCUT2D eigenvalue weighted by Crippen LogP contribution is -2.29. The van der Waals surface area contributed by atoms with Crippen LogP contribution in [0, 0.1) is 10.1 Å². The van der Waals surface area contributed by atoms with Crippen molar-refractivity contribution in [2.45, 2.75) is 32.2 Å². The number of non-ortho nitro benzene ring substituents is 1. The Hall–Kier alpha value is -2.11. The van der Waals surface area contributed by atoms with Crippen molar-refractivity contribution in [2.75, 3.05) is 18.9 Å². The second-order valence-electron chi connectivity index (χ2n) is 5.06. The largest absolute Gasteiger partial charge is 0.384 e. The van der Waals surface area contributed by atoms with Gasteiger partial charge in [-0.3, -0.25) is 14.9 Å². The fraction of sp³-hybridized carbons (Fsp3) is 0.500. The Bertz CT molecular complexity index is 526. The first kappa shape index (κ1) is 14.3. The van der Waals surface area contributed by atoms with Crippen LogP contribution in [0.2, 0.25) is 0 Å². The molecule has 2 rings (SSSR count). The summed E-state index contributed by atoms with van der Waals surface area (Å²) < 4.78 is 0. The normalized spacial score (nSPS) is 13.9. The van der Waals surface area contributed by atoms with Gasteiger partial charge in [-0.1, -0.05) is 6.92 Å². The van der Waals surface area contributed by atoms with Gasteiger partial charge in [-0.15, -0.1) is 0 Å². The Morgan fingerprint density at radius 1 is 1.50 bits per heavy atom. The predicted molar refractivity (Wildman–Crippen MR) is 77.0 cm³/mol. The van der Waals surface area contributed by atoms with Gasteiger partial charge >= 0.3 is 0 Å². The number of hydrogen-bond donors (Lipinski definition) is 1. The summed E-state index contributed by atoms with van der Waals surface area (Å²) >= 11 is 0. The van der Waals surface area contributed by atoms with Crippen molar-refractivity contribution in [2.24, 2.45) is 0 Å². The molecule has 1 aromatic rings. The lowest BCUT2D eigenvalue weighted by molar-refractivity contribution is -0.384. The highest BCUT2D eigenvalue weighted by Crippen LogP contribution is 2.29. The summed E-state index contributed by atoms with van der Waals surface area (Å²) in [5.41, 5.74) is 0.983. The highest BCUT2D eigenvalue weighted by Gasteiger charge is 2.31. The molecule has 0 radical (unpaired) electrons. The van der Waals surface area contributed by atoms with Gasteiger partial charge in [-0.05, 0) is 25.3 Å². The van der Waals surface area contributed by atoms with Crippen LogP contribution in [-0.2, 0) is 0 Å². The molecule has 0 atom stereocenters. The second-order valence-corrected chi connectivity index (χ2v) is 5.06. The van der Waals surface area contributed by atoms with E-state index in [1.165, 1.54) is 12.1 Å². The number of nitrogens with zero attached hydrogens (tertiary/aromatic N) is 2. The van der Waals surface area contributed by atoms with E-state index in [9.17, 15) is 14.9 Å². The van der Waals surface area contributed by atoms with Gasteiger partial charge in [-0.2, -0.15) is 0 Å². The summed E-state index contributed by atoms with van der Waals surface area (Å²) in [6, 6.07) is 4.67. The number of anilines is 1. The SMILES string of the molecule is CCCNc1ccc([N+](=O)[O-])cc1C(=O)N(C)C1CC1. The minimum atomic E-state index is -0.475. The highest BCUT2D eigenvalue weighted by molar-refractivity contribution is 6.00. The number of carbonyl (C=O) groups is 1. The highest BCUT2D eigenvalue weighted by atomic mass is 16.6. The molecule has 0 aliphatic heterocycles. The number of carbonyl (C=O) groups excluding carboxylic acids is 1. The molecule has 1 N–H and O–H groups in total. The smallest absolute Gasteiger partial charge is 0.270 e. The van der Waals surface area contributed by atoms with E-state index in [4.69, 9.17) is 0 Å². The van der Waals surface area contributed by atoms with Gasteiger partial charge < -0.3 is 10.2 Å². The minimum Gasteiger partial charge on any atom is -0.384 e. The predicted octanol–water partition coefficient (Wildman–Crippen LogP) is 2.65. The topological polar surface area (TPSA) is 75.5 Å². The Morgan fingerprint density at radius 3 is 2.75 bits per heavy atom. The van der Waals surface area contributed by atoms with Crippen LogP contribution in [0.25, 0.3) is 0 Å². The van der Waals surface area contributed by atoms with Crippen molar-refractivity contribution in [1.82, 2.24) is 4.90 Å². The summed E-state index contributed by atoms with van der Waals surface area (Å²) in [5, 5.41) is 14.0. The maximum Gasteiger partial charge on any atom is 0.270 e. The van der Waals surface area contributed by atoms with Crippen LogP contribution >= 0.6 is 0 Å². The van der Waals surface area contributed by atoms with Crippen LogP contribution in [-0.4, -0.2) is 35.4 Å². The van der Waals surface area contributed by atoms with Gasteiger partial charge in [0.15, 0.2) is 0 Å². The molecule has 6 heteroatoms. The molecule has 0 spiro atoms. The van der Waals surface area contributed by atoms with E-state index >= 15 is 0 Å². The molecule has 1 saturated carbocycles. The standard InChI is InChI=1S/C14H19N3O3/c1-3-8-15-13-7-6-11(17(19)20)9-12(13)14(18)16(2)10-4-5-10/h6-7,9-10,15H,3-5,8H2,1-2H3. The quantitative estimate of drug-likeness (QED) is 0.640. The summed E-state index contributed by atoms with van der Waals surface area (Å²) in [4.78, 5) is 24.5. The molecule has 0 saturated heterocycles. The molecule has 20 heavy (non-hydrogen) atoms. The molecular weight excluding hydrogens is 258 g/mol. The van der Waals surface area contributed by atoms with Crippen LogP contribution in [0.1, 0.15) is 36.5 Å². The van der Waals surface area contributed by atoms with Crippen LogP contribution < -0.4 is 5.32 Å². The van der Waals surface area contributed by atoms with E-state index in [-0.39, 0.29) is 17.6 Å². The summed E-state index contributed by atoms with van der Waals surface area (Å²) in [6.45, 7) is 2.75. The first-order chi connectivity index (χ1) is 9.54. The molecular formula is C14H19N3O3. The minimum absolute atomic E-state index is 0.0559. The molecule has 6 nitrogen and oxygen atoms in total. The number of rotatable bonds is 6. The van der Waals surface area contributed by atoms with Gasteiger partial charge in [0.05, 0.1) is 10.5 Å². The van der Waals surface area contributed by atoms with E-state index in [1.54, 1.807) is 18.0 Å². The Balaban J connectivity index is 2.31. The van der Waals surface area contributed by atoms with Gasteiger partial charge in [0.25, 0.3) is 11.6 Å². The molecule has 0 bridgehead atoms. The molecule has 1 aromatic carbocycles. The van der Waals surface area contributed by atoms with Gasteiger partial charge in [0.1, 0.15) is 0 Å². The zero-order chi connectivity index (χ0) is 14.7. The third-order valence-corrected chi connectivity index (χ3v) is 3.42. The first-order valence-corrected chi connectivity index (χ1v) is 6.84. The maximum absolute atomic E-state index is 12.4. The van der Waals surface area contributed by atoms with Gasteiger partial charge in [0, 0.05) is 37.5 Å². The number of benzene rings is 1. The molecule has 108 valence electrons. The molecule has 1 fully saturated rings. The molecule has 1 aliphatic rings. The van der Waals surface area contributed by atoms with Crippen LogP contribution in [0.15, 0.2) is 18.2 Å². The van der Waals surface area contributed by atoms with E-state index in [2.05, 4.69) is 5.32 Å². The average Bonchev–Trinajstić information content (AvgIpc) is 3.27. The van der Waals surface area contributed by atoms with Crippen molar-refractivity contribution in [3.63, 3.8) is 0 Å². The van der Waals surface area contributed by atoms with Crippen molar-refractivity contribution in [3.05, 3.63) is 33.9 Å². The lowest BCUT2D eigenvalue weighted by Gasteiger charge is -2.18. The molecule has 1 amide bonds. The van der Waals surface area contributed by atoms with Crippen LogP contribution in [0.3, 0.4) is 0 Å². The monoisotopic (exact) mass is 277 g/mol. The van der Waals surface area contributed by atoms with Gasteiger partial charge in [-0.25, -0.2) is 0 Å². The summed E-state index contributed by atoms with van der Waals surface area (Å²) in [7, 11) is 1.75. The van der Waals surface area contributed by atoms with Crippen LogP contribution in [0.5, 0.6) is 0 Å². The fourth-order valence-electron chi connectivity index (χ4n) is 2.05. The Morgan fingerprint density at radius 2 is 2.20 bits per heavy atom. The third-order valence-electron chi connectivity index (χ3n) is 3.42. The molecule has 0 aromatic heterocycles. The Kier molecular flexibility index (Phi) is 4.22. The summed E-state index contributed by atoms with van der Waals surface area (Å²) in [6.07, 6.45) is 2.94. The number of hydrogen-bond acceptors (Lipinski definition) is 4. The van der Waals surface area contributed by atoms with Crippen LogP contribution in [0.4, 0.5) is 11.4 Å². The third kappa shape index (κ3) is 3.07. The number of nitro groups is 1. The molecule has 0 heterocycles. The summed E-state index contributed by atoms with van der Waals surface area (Å²) in [5.74, 6) is -0.158. The van der Waals surface area contributed by atoms with E-state index in [0.29, 0.717) is 11.3 Å².